The zero-order valence-corrected chi connectivity index (χ0v) is 14.3. The van der Waals surface area contributed by atoms with Gasteiger partial charge in [-0.1, -0.05) is 0 Å². The van der Waals surface area contributed by atoms with Gasteiger partial charge in [-0.05, 0) is 67.8 Å². The first-order valence-electron chi connectivity index (χ1n) is 8.28. The fourth-order valence-electron chi connectivity index (χ4n) is 2.25. The van der Waals surface area contributed by atoms with Crippen LogP contribution in [0, 0.1) is 0 Å². The van der Waals surface area contributed by atoms with Crippen LogP contribution in [-0.4, -0.2) is 24.9 Å². The van der Waals surface area contributed by atoms with Gasteiger partial charge in [0.25, 0.3) is 11.7 Å². The molecule has 8 N–H and O–H groups in total. The van der Waals surface area contributed by atoms with E-state index in [0.29, 0.717) is 24.9 Å². The lowest BCUT2D eigenvalue weighted by atomic mass is 10.2. The van der Waals surface area contributed by atoms with Crippen molar-refractivity contribution in [3.05, 3.63) is 59.7 Å². The van der Waals surface area contributed by atoms with Crippen LogP contribution in [0.1, 0.15) is 30.4 Å². The van der Waals surface area contributed by atoms with Gasteiger partial charge in [-0.3, -0.25) is 22.3 Å². The number of unbranched alkanes of at least 4 members (excludes halogenated alkanes) is 2. The standard InChI is InChI=1S/C19H24N4O2/c20-18(21)14-4-8-16(9-5-14)24-12-2-1-3-13-25-17-10-6-15(7-11-17)19(22)23/h4-11H,1-3,12-13H2,(H3,20,21)(H3,22,23)/p+2. The molecule has 0 unspecified atom stereocenters. The van der Waals surface area contributed by atoms with E-state index in [1.165, 1.54) is 0 Å². The maximum Gasteiger partial charge on any atom is 0.270 e. The average Bonchev–Trinajstić information content (AvgIpc) is 2.61. The summed E-state index contributed by atoms with van der Waals surface area (Å²) >= 11 is 0. The van der Waals surface area contributed by atoms with Crippen molar-refractivity contribution < 1.29 is 20.3 Å². The average molecular weight is 342 g/mol. The molecule has 0 amide bonds. The number of benzene rings is 2. The summed E-state index contributed by atoms with van der Waals surface area (Å²) in [7, 11) is 0. The van der Waals surface area contributed by atoms with Crippen LogP contribution in [0.15, 0.2) is 48.5 Å². The van der Waals surface area contributed by atoms with Crippen LogP contribution >= 0.6 is 0 Å². The van der Waals surface area contributed by atoms with Crippen molar-refractivity contribution in [2.75, 3.05) is 13.2 Å². The molecule has 0 atom stereocenters. The second kappa shape index (κ2) is 9.32. The molecule has 0 aliphatic heterocycles. The van der Waals surface area contributed by atoms with E-state index in [1.807, 2.05) is 48.5 Å². The summed E-state index contributed by atoms with van der Waals surface area (Å²) in [6.45, 7) is 1.34. The molecule has 0 radical (unpaired) electrons. The second-order valence-corrected chi connectivity index (χ2v) is 5.72. The van der Waals surface area contributed by atoms with E-state index in [4.69, 9.17) is 31.8 Å². The van der Waals surface area contributed by atoms with E-state index in [1.54, 1.807) is 0 Å². The Balaban J connectivity index is 1.57. The molecular weight excluding hydrogens is 316 g/mol. The summed E-state index contributed by atoms with van der Waals surface area (Å²) in [5.41, 5.74) is 12.7. The minimum absolute atomic E-state index is 0.311. The summed E-state index contributed by atoms with van der Waals surface area (Å²) in [4.78, 5) is 0. The van der Waals surface area contributed by atoms with Gasteiger partial charge in [-0.15, -0.1) is 0 Å². The van der Waals surface area contributed by atoms with Crippen LogP contribution in [0.2, 0.25) is 0 Å². The molecule has 132 valence electrons. The van der Waals surface area contributed by atoms with Gasteiger partial charge in [0.2, 0.25) is 0 Å². The van der Waals surface area contributed by atoms with Gasteiger partial charge in [0.15, 0.2) is 0 Å². The van der Waals surface area contributed by atoms with Gasteiger partial charge in [0, 0.05) is 0 Å². The Bertz CT molecular complexity index is 635. The summed E-state index contributed by atoms with van der Waals surface area (Å²) in [5, 5.41) is 11.0. The van der Waals surface area contributed by atoms with E-state index in [-0.39, 0.29) is 0 Å². The number of rotatable bonds is 10. The van der Waals surface area contributed by atoms with Crippen LogP contribution < -0.4 is 31.8 Å². The molecule has 0 saturated carbocycles. The van der Waals surface area contributed by atoms with Crippen molar-refractivity contribution >= 4 is 11.7 Å². The van der Waals surface area contributed by atoms with Crippen LogP contribution in [-0.2, 0) is 0 Å². The van der Waals surface area contributed by atoms with Gasteiger partial charge < -0.3 is 9.47 Å². The fourth-order valence-corrected chi connectivity index (χ4v) is 2.25. The monoisotopic (exact) mass is 342 g/mol. The molecule has 0 spiro atoms. The van der Waals surface area contributed by atoms with E-state index in [2.05, 4.69) is 0 Å². The molecule has 6 heteroatoms. The molecule has 2 aromatic carbocycles. The predicted octanol–water partition coefficient (Wildman–Crippen LogP) is -0.756. The molecule has 0 bridgehead atoms. The third-order valence-electron chi connectivity index (χ3n) is 3.70. The molecular formula is C19H26N4O2+2. The maximum atomic E-state index is 5.68. The second-order valence-electron chi connectivity index (χ2n) is 5.72. The molecule has 0 fully saturated rings. The largest absolute Gasteiger partial charge is 0.494 e. The quantitative estimate of drug-likeness (QED) is 0.258. The van der Waals surface area contributed by atoms with Gasteiger partial charge in [-0.25, -0.2) is 0 Å². The molecule has 0 heterocycles. The van der Waals surface area contributed by atoms with Crippen molar-refractivity contribution in [3.8, 4) is 11.5 Å². The smallest absolute Gasteiger partial charge is 0.270 e. The Labute approximate surface area is 147 Å². The molecule has 0 aliphatic carbocycles. The summed E-state index contributed by atoms with van der Waals surface area (Å²) < 4.78 is 11.4. The minimum Gasteiger partial charge on any atom is -0.494 e. The zero-order valence-electron chi connectivity index (χ0n) is 14.3. The van der Waals surface area contributed by atoms with Crippen molar-refractivity contribution in [3.63, 3.8) is 0 Å². The Morgan fingerprint density at radius 2 is 1.00 bits per heavy atom. The SMILES string of the molecule is NC(=[NH2+])c1ccc(OCCCCCOc2ccc(C(N)=[NH2+])cc2)cc1. The first-order valence-corrected chi connectivity index (χ1v) is 8.28. The van der Waals surface area contributed by atoms with Crippen molar-refractivity contribution in [2.45, 2.75) is 19.3 Å². The Morgan fingerprint density at radius 1 is 0.640 bits per heavy atom. The lowest BCUT2D eigenvalue weighted by molar-refractivity contribution is -0.115. The fraction of sp³-hybridized carbons (Fsp3) is 0.263. The normalized spacial score (nSPS) is 10.2. The van der Waals surface area contributed by atoms with Crippen molar-refractivity contribution in [1.82, 2.24) is 0 Å². The van der Waals surface area contributed by atoms with Crippen LogP contribution in [0.25, 0.3) is 0 Å². The number of hydrogen-bond acceptors (Lipinski definition) is 2. The highest BCUT2D eigenvalue weighted by atomic mass is 16.5. The van der Waals surface area contributed by atoms with E-state index < -0.39 is 0 Å². The van der Waals surface area contributed by atoms with Crippen LogP contribution in [0.5, 0.6) is 11.5 Å². The van der Waals surface area contributed by atoms with Crippen molar-refractivity contribution in [1.29, 1.82) is 0 Å². The molecule has 25 heavy (non-hydrogen) atoms. The molecule has 6 nitrogen and oxygen atoms in total. The number of amidine groups is 2. The summed E-state index contributed by atoms with van der Waals surface area (Å²) in [6, 6.07) is 14.9. The molecule has 0 aliphatic rings. The van der Waals surface area contributed by atoms with Gasteiger partial charge in [-0.2, -0.15) is 0 Å². The third kappa shape index (κ3) is 6.18. The highest BCUT2D eigenvalue weighted by Gasteiger charge is 2.02. The molecule has 0 aromatic heterocycles. The first-order chi connectivity index (χ1) is 12.1. The predicted molar refractivity (Wildman–Crippen MR) is 98.2 cm³/mol. The lowest BCUT2D eigenvalue weighted by Crippen LogP contribution is -2.46. The topological polar surface area (TPSA) is 122 Å². The van der Waals surface area contributed by atoms with Crippen molar-refractivity contribution in [2.24, 2.45) is 11.5 Å². The van der Waals surface area contributed by atoms with Crippen LogP contribution in [0.3, 0.4) is 0 Å². The van der Waals surface area contributed by atoms with E-state index >= 15 is 0 Å². The summed E-state index contributed by atoms with van der Waals surface area (Å²) in [5.74, 6) is 2.26. The molecule has 0 saturated heterocycles. The first kappa shape index (κ1) is 18.3. The zero-order chi connectivity index (χ0) is 18.1. The Hall–Kier alpha value is -3.02. The third-order valence-corrected chi connectivity index (χ3v) is 3.70. The summed E-state index contributed by atoms with van der Waals surface area (Å²) in [6.07, 6.45) is 2.96. The van der Waals surface area contributed by atoms with E-state index in [9.17, 15) is 0 Å². The Morgan fingerprint density at radius 3 is 1.32 bits per heavy atom. The molecule has 2 aromatic rings. The highest BCUT2D eigenvalue weighted by molar-refractivity contribution is 5.93. The van der Waals surface area contributed by atoms with Gasteiger partial charge >= 0.3 is 0 Å². The lowest BCUT2D eigenvalue weighted by Gasteiger charge is -2.08. The molecule has 2 rings (SSSR count). The highest BCUT2D eigenvalue weighted by Crippen LogP contribution is 2.13. The van der Waals surface area contributed by atoms with E-state index in [0.717, 1.165) is 41.9 Å². The Kier molecular flexibility index (Phi) is 6.83. The number of nitrogens with two attached hydrogens (primary N) is 4. The maximum absolute atomic E-state index is 5.68. The van der Waals surface area contributed by atoms with Crippen LogP contribution in [0.4, 0.5) is 0 Å². The van der Waals surface area contributed by atoms with Gasteiger partial charge in [0.05, 0.1) is 24.3 Å². The van der Waals surface area contributed by atoms with Gasteiger partial charge in [0.1, 0.15) is 11.5 Å². The number of ether oxygens (including phenoxy) is 2. The minimum atomic E-state index is 0.311. The number of hydrogen-bond donors (Lipinski definition) is 4.